The summed E-state index contributed by atoms with van der Waals surface area (Å²) in [4.78, 5) is 32.7. The lowest BCUT2D eigenvalue weighted by Crippen LogP contribution is -2.38. The van der Waals surface area contributed by atoms with E-state index in [1.165, 1.54) is 11.1 Å². The first-order valence-corrected chi connectivity index (χ1v) is 16.0. The number of hydrogen-bond acceptors (Lipinski definition) is 6. The zero-order valence-corrected chi connectivity index (χ0v) is 26.3. The van der Waals surface area contributed by atoms with Crippen LogP contribution < -0.4 is 10.6 Å². The van der Waals surface area contributed by atoms with E-state index in [0.29, 0.717) is 41.9 Å². The van der Waals surface area contributed by atoms with Crippen molar-refractivity contribution in [2.24, 2.45) is 0 Å². The SMILES string of the molecule is Cc1ccc(C(=O)N2CCC(c3ccc(-c4cnn(C5CCOCC5)c4)cc3)CC2)cc1NC(=O)c1ccc(NC(C)C)nc1. The second-order valence-corrected chi connectivity index (χ2v) is 12.5. The van der Waals surface area contributed by atoms with Gasteiger partial charge in [0.2, 0.25) is 0 Å². The Hall–Kier alpha value is -4.50. The number of hydrogen-bond donors (Lipinski definition) is 2. The first kappa shape index (κ1) is 30.5. The second-order valence-electron chi connectivity index (χ2n) is 12.5. The maximum Gasteiger partial charge on any atom is 0.257 e. The number of rotatable bonds is 8. The number of anilines is 2. The fourth-order valence-corrected chi connectivity index (χ4v) is 6.18. The van der Waals surface area contributed by atoms with Crippen LogP contribution in [0.2, 0.25) is 0 Å². The van der Waals surface area contributed by atoms with Gasteiger partial charge in [0.25, 0.3) is 11.8 Å². The molecular weight excluding hydrogens is 564 g/mol. The molecule has 234 valence electrons. The Morgan fingerprint density at radius 1 is 0.889 bits per heavy atom. The van der Waals surface area contributed by atoms with Crippen LogP contribution in [-0.4, -0.2) is 63.8 Å². The molecule has 0 atom stereocenters. The summed E-state index contributed by atoms with van der Waals surface area (Å²) in [5.41, 5.74) is 6.17. The number of likely N-dealkylation sites (tertiary alicyclic amines) is 1. The van der Waals surface area contributed by atoms with Crippen LogP contribution in [0.1, 0.15) is 83.3 Å². The third kappa shape index (κ3) is 7.26. The van der Waals surface area contributed by atoms with Gasteiger partial charge in [-0.15, -0.1) is 0 Å². The third-order valence-electron chi connectivity index (χ3n) is 8.86. The molecule has 4 aromatic rings. The molecule has 2 saturated heterocycles. The molecule has 9 nitrogen and oxygen atoms in total. The van der Waals surface area contributed by atoms with Crippen LogP contribution in [0, 0.1) is 6.92 Å². The Balaban J connectivity index is 1.04. The van der Waals surface area contributed by atoms with Crippen molar-refractivity contribution in [1.82, 2.24) is 19.7 Å². The molecule has 2 fully saturated rings. The van der Waals surface area contributed by atoms with Crippen LogP contribution in [-0.2, 0) is 4.74 Å². The number of aryl methyl sites for hydroxylation is 1. The van der Waals surface area contributed by atoms with Crippen molar-refractivity contribution >= 4 is 23.3 Å². The Bertz CT molecular complexity index is 1620. The molecule has 9 heteroatoms. The van der Waals surface area contributed by atoms with Crippen LogP contribution in [0.15, 0.2) is 73.2 Å². The average Bonchev–Trinajstić information content (AvgIpc) is 3.57. The van der Waals surface area contributed by atoms with Gasteiger partial charge in [-0.05, 0) is 93.3 Å². The number of piperidine rings is 1. The summed E-state index contributed by atoms with van der Waals surface area (Å²) >= 11 is 0. The lowest BCUT2D eigenvalue weighted by atomic mass is 9.88. The van der Waals surface area contributed by atoms with Crippen molar-refractivity contribution in [1.29, 1.82) is 0 Å². The Kier molecular flexibility index (Phi) is 9.26. The average molecular weight is 607 g/mol. The number of nitrogens with one attached hydrogen (secondary N) is 2. The smallest absolute Gasteiger partial charge is 0.257 e. The zero-order valence-electron chi connectivity index (χ0n) is 26.3. The molecule has 0 saturated carbocycles. The Morgan fingerprint density at radius 3 is 2.31 bits per heavy atom. The van der Waals surface area contributed by atoms with E-state index in [9.17, 15) is 9.59 Å². The molecule has 45 heavy (non-hydrogen) atoms. The summed E-state index contributed by atoms with van der Waals surface area (Å²) in [5, 5.41) is 10.8. The first-order chi connectivity index (χ1) is 21.8. The molecule has 4 heterocycles. The number of nitrogens with zero attached hydrogens (tertiary/aromatic N) is 4. The largest absolute Gasteiger partial charge is 0.381 e. The molecule has 0 radical (unpaired) electrons. The van der Waals surface area contributed by atoms with Crippen molar-refractivity contribution in [2.75, 3.05) is 36.9 Å². The standard InChI is InChI=1S/C36H42N6O3/c1-24(2)39-34-11-10-30(21-37-34)35(43)40-33-20-29(5-4-25(33)3)36(44)41-16-12-28(13-17-41)26-6-8-27(9-7-26)31-22-38-42(23-31)32-14-18-45-19-15-32/h4-11,20-24,28,32H,12-19H2,1-3H3,(H,37,39)(H,40,43). The molecular formula is C36H42N6O3. The molecule has 0 unspecified atom stereocenters. The van der Waals surface area contributed by atoms with Crippen molar-refractivity contribution < 1.29 is 14.3 Å². The van der Waals surface area contributed by atoms with Gasteiger partial charge in [0.15, 0.2) is 0 Å². The molecule has 2 aromatic carbocycles. The molecule has 0 spiro atoms. The molecule has 2 aromatic heterocycles. The van der Waals surface area contributed by atoms with Crippen molar-refractivity contribution in [3.05, 3.63) is 95.4 Å². The van der Waals surface area contributed by atoms with E-state index in [-0.39, 0.29) is 17.9 Å². The lowest BCUT2D eigenvalue weighted by molar-refractivity contribution is 0.0662. The highest BCUT2D eigenvalue weighted by molar-refractivity contribution is 6.05. The highest BCUT2D eigenvalue weighted by Crippen LogP contribution is 2.31. The fourth-order valence-electron chi connectivity index (χ4n) is 6.18. The van der Waals surface area contributed by atoms with E-state index in [1.54, 1.807) is 24.4 Å². The lowest BCUT2D eigenvalue weighted by Gasteiger charge is -2.32. The van der Waals surface area contributed by atoms with Crippen LogP contribution >= 0.6 is 0 Å². The fraction of sp³-hybridized carbons (Fsp3) is 0.389. The van der Waals surface area contributed by atoms with Gasteiger partial charge in [-0.2, -0.15) is 5.10 Å². The number of pyridine rings is 1. The number of carbonyl (C=O) groups excluding carboxylic acids is 2. The maximum atomic E-state index is 13.5. The Morgan fingerprint density at radius 2 is 1.62 bits per heavy atom. The second kappa shape index (κ2) is 13.6. The van der Waals surface area contributed by atoms with E-state index in [4.69, 9.17) is 4.74 Å². The van der Waals surface area contributed by atoms with Crippen LogP contribution in [0.4, 0.5) is 11.5 Å². The van der Waals surface area contributed by atoms with Gasteiger partial charge in [0, 0.05) is 61.6 Å². The number of amides is 2. The van der Waals surface area contributed by atoms with Crippen molar-refractivity contribution in [3.8, 4) is 11.1 Å². The van der Waals surface area contributed by atoms with Gasteiger partial charge >= 0.3 is 0 Å². The van der Waals surface area contributed by atoms with E-state index in [2.05, 4.69) is 55.9 Å². The van der Waals surface area contributed by atoms with E-state index in [1.807, 2.05) is 44.0 Å². The van der Waals surface area contributed by atoms with Crippen molar-refractivity contribution in [3.63, 3.8) is 0 Å². The minimum absolute atomic E-state index is 0.00776. The highest BCUT2D eigenvalue weighted by atomic mass is 16.5. The summed E-state index contributed by atoms with van der Waals surface area (Å²) in [6.07, 6.45) is 9.50. The van der Waals surface area contributed by atoms with Crippen LogP contribution in [0.25, 0.3) is 11.1 Å². The molecule has 2 aliphatic rings. The minimum atomic E-state index is -0.258. The first-order valence-electron chi connectivity index (χ1n) is 16.0. The summed E-state index contributed by atoms with van der Waals surface area (Å²) in [5.74, 6) is 0.870. The summed E-state index contributed by atoms with van der Waals surface area (Å²) in [6.45, 7) is 8.98. The van der Waals surface area contributed by atoms with Gasteiger partial charge in [-0.25, -0.2) is 4.98 Å². The van der Waals surface area contributed by atoms with Gasteiger partial charge in [-0.3, -0.25) is 14.3 Å². The highest BCUT2D eigenvalue weighted by Gasteiger charge is 2.25. The molecule has 2 aliphatic heterocycles. The zero-order chi connectivity index (χ0) is 31.3. The topological polar surface area (TPSA) is 101 Å². The molecule has 2 amide bonds. The van der Waals surface area contributed by atoms with Gasteiger partial charge in [0.1, 0.15) is 5.82 Å². The number of carbonyl (C=O) groups is 2. The summed E-state index contributed by atoms with van der Waals surface area (Å²) < 4.78 is 7.58. The number of benzene rings is 2. The quantitative estimate of drug-likeness (QED) is 0.232. The van der Waals surface area contributed by atoms with E-state index >= 15 is 0 Å². The van der Waals surface area contributed by atoms with Crippen molar-refractivity contribution in [2.45, 2.75) is 64.5 Å². The monoisotopic (exact) mass is 606 g/mol. The third-order valence-corrected chi connectivity index (χ3v) is 8.86. The molecule has 0 aliphatic carbocycles. The van der Waals surface area contributed by atoms with Gasteiger partial charge in [-0.1, -0.05) is 30.3 Å². The molecule has 2 N–H and O–H groups in total. The van der Waals surface area contributed by atoms with E-state index in [0.717, 1.165) is 55.8 Å². The predicted octanol–water partition coefficient (Wildman–Crippen LogP) is 6.70. The van der Waals surface area contributed by atoms with E-state index < -0.39 is 0 Å². The van der Waals surface area contributed by atoms with Crippen LogP contribution in [0.3, 0.4) is 0 Å². The number of aromatic nitrogens is 3. The summed E-state index contributed by atoms with van der Waals surface area (Å²) in [7, 11) is 0. The number of ether oxygens (including phenoxy) is 1. The summed E-state index contributed by atoms with van der Waals surface area (Å²) in [6, 6.07) is 18.5. The minimum Gasteiger partial charge on any atom is -0.381 e. The van der Waals surface area contributed by atoms with Gasteiger partial charge in [0.05, 0.1) is 17.8 Å². The molecule has 0 bridgehead atoms. The van der Waals surface area contributed by atoms with Crippen LogP contribution in [0.5, 0.6) is 0 Å². The predicted molar refractivity (Wildman–Crippen MR) is 177 cm³/mol. The molecule has 6 rings (SSSR count). The van der Waals surface area contributed by atoms with Gasteiger partial charge < -0.3 is 20.3 Å². The maximum absolute atomic E-state index is 13.5. The Labute approximate surface area is 265 Å². The normalized spacial score (nSPS) is 16.1.